The molecular weight excluding hydrogens is 184 g/mol. The maximum absolute atomic E-state index is 6.01. The van der Waals surface area contributed by atoms with Crippen LogP contribution in [0.15, 0.2) is 30.3 Å². The van der Waals surface area contributed by atoms with Crippen LogP contribution in [-0.2, 0) is 0 Å². The molecule has 2 heteroatoms. The fraction of sp³-hybridized carbons (Fsp3) is 0.231. The van der Waals surface area contributed by atoms with E-state index < -0.39 is 0 Å². The number of aryl methyl sites for hydroxylation is 1. The zero-order valence-corrected chi connectivity index (χ0v) is 9.41. The molecule has 0 unspecified atom stereocenters. The number of anilines is 2. The van der Waals surface area contributed by atoms with Crippen molar-refractivity contribution in [3.8, 4) is 0 Å². The molecule has 0 radical (unpaired) electrons. The van der Waals surface area contributed by atoms with E-state index in [-0.39, 0.29) is 0 Å². The molecule has 0 fully saturated rings. The summed E-state index contributed by atoms with van der Waals surface area (Å²) in [5.41, 5.74) is 9.30. The van der Waals surface area contributed by atoms with Crippen molar-refractivity contribution in [2.75, 3.05) is 24.7 Å². The average Bonchev–Trinajstić information content (AvgIpc) is 2.17. The molecule has 2 N–H and O–H groups in total. The normalized spacial score (nSPS) is 10.6. The Morgan fingerprint density at radius 2 is 1.80 bits per heavy atom. The number of benzene rings is 2. The summed E-state index contributed by atoms with van der Waals surface area (Å²) in [5, 5.41) is 2.39. The number of hydrogen-bond acceptors (Lipinski definition) is 2. The van der Waals surface area contributed by atoms with Gasteiger partial charge in [-0.1, -0.05) is 18.2 Å². The average molecular weight is 200 g/mol. The molecule has 0 spiro atoms. The molecular formula is C13H16N2. The van der Waals surface area contributed by atoms with Crippen LogP contribution in [0.25, 0.3) is 10.8 Å². The second-order valence-electron chi connectivity index (χ2n) is 4.07. The van der Waals surface area contributed by atoms with Crippen molar-refractivity contribution >= 4 is 22.1 Å². The van der Waals surface area contributed by atoms with Crippen molar-refractivity contribution < 1.29 is 0 Å². The van der Waals surface area contributed by atoms with E-state index in [0.29, 0.717) is 0 Å². The number of fused-ring (bicyclic) bond motifs is 1. The first-order chi connectivity index (χ1) is 7.11. The lowest BCUT2D eigenvalue weighted by molar-refractivity contribution is 1.14. The highest BCUT2D eigenvalue weighted by molar-refractivity contribution is 6.02. The summed E-state index contributed by atoms with van der Waals surface area (Å²) >= 11 is 0. The summed E-state index contributed by atoms with van der Waals surface area (Å²) in [5.74, 6) is 0. The minimum absolute atomic E-state index is 0.855. The molecule has 15 heavy (non-hydrogen) atoms. The third-order valence-corrected chi connectivity index (χ3v) is 2.74. The van der Waals surface area contributed by atoms with Gasteiger partial charge in [-0.3, -0.25) is 0 Å². The number of nitrogens with zero attached hydrogens (tertiary/aromatic N) is 1. The number of nitrogen functional groups attached to an aromatic ring is 1. The van der Waals surface area contributed by atoms with E-state index in [1.807, 2.05) is 26.2 Å². The van der Waals surface area contributed by atoms with Gasteiger partial charge in [0.1, 0.15) is 0 Å². The Labute approximate surface area is 90.3 Å². The van der Waals surface area contributed by atoms with Crippen LogP contribution in [0.5, 0.6) is 0 Å². The van der Waals surface area contributed by atoms with Crippen LogP contribution in [0.4, 0.5) is 11.4 Å². The molecule has 78 valence electrons. The van der Waals surface area contributed by atoms with E-state index in [4.69, 9.17) is 5.73 Å². The standard InChI is InChI=1S/C13H16N2/c1-9-7-8-12(15(2)3)10-5-4-6-11(14)13(9)10/h4-8H,14H2,1-3H3. The molecule has 0 atom stereocenters. The molecule has 0 heterocycles. The largest absolute Gasteiger partial charge is 0.398 e. The molecule has 0 bridgehead atoms. The summed E-state index contributed by atoms with van der Waals surface area (Å²) in [6, 6.07) is 10.3. The van der Waals surface area contributed by atoms with Gasteiger partial charge < -0.3 is 10.6 Å². The predicted molar refractivity (Wildman–Crippen MR) is 67.4 cm³/mol. The van der Waals surface area contributed by atoms with Gasteiger partial charge in [0.25, 0.3) is 0 Å². The molecule has 2 aromatic carbocycles. The van der Waals surface area contributed by atoms with Crippen molar-refractivity contribution in [3.63, 3.8) is 0 Å². The fourth-order valence-corrected chi connectivity index (χ4v) is 1.99. The van der Waals surface area contributed by atoms with Crippen LogP contribution in [0.3, 0.4) is 0 Å². The van der Waals surface area contributed by atoms with Crippen LogP contribution in [-0.4, -0.2) is 14.1 Å². The summed E-state index contributed by atoms with van der Waals surface area (Å²) in [6.07, 6.45) is 0. The zero-order chi connectivity index (χ0) is 11.0. The third kappa shape index (κ3) is 1.52. The van der Waals surface area contributed by atoms with Crippen molar-refractivity contribution in [2.24, 2.45) is 0 Å². The highest BCUT2D eigenvalue weighted by Crippen LogP contribution is 2.31. The van der Waals surface area contributed by atoms with Crippen LogP contribution < -0.4 is 10.6 Å². The molecule has 2 aromatic rings. The molecule has 0 amide bonds. The molecule has 0 aliphatic heterocycles. The minimum atomic E-state index is 0.855. The van der Waals surface area contributed by atoms with Crippen molar-refractivity contribution in [1.82, 2.24) is 0 Å². The monoisotopic (exact) mass is 200 g/mol. The summed E-state index contributed by atoms with van der Waals surface area (Å²) in [6.45, 7) is 2.10. The maximum Gasteiger partial charge on any atom is 0.0441 e. The van der Waals surface area contributed by atoms with E-state index in [0.717, 1.165) is 5.69 Å². The lowest BCUT2D eigenvalue weighted by Crippen LogP contribution is -2.09. The second-order valence-corrected chi connectivity index (χ2v) is 4.07. The Morgan fingerprint density at radius 1 is 1.07 bits per heavy atom. The molecule has 0 aromatic heterocycles. The summed E-state index contributed by atoms with van der Waals surface area (Å²) in [4.78, 5) is 2.11. The van der Waals surface area contributed by atoms with Gasteiger partial charge in [-0.15, -0.1) is 0 Å². The highest BCUT2D eigenvalue weighted by atomic mass is 15.1. The highest BCUT2D eigenvalue weighted by Gasteiger charge is 2.06. The smallest absolute Gasteiger partial charge is 0.0441 e. The van der Waals surface area contributed by atoms with Gasteiger partial charge in [-0.25, -0.2) is 0 Å². The molecule has 2 nitrogen and oxygen atoms in total. The lowest BCUT2D eigenvalue weighted by Gasteiger charge is -2.17. The van der Waals surface area contributed by atoms with Gasteiger partial charge in [0, 0.05) is 36.2 Å². The molecule has 0 saturated heterocycles. The van der Waals surface area contributed by atoms with E-state index >= 15 is 0 Å². The van der Waals surface area contributed by atoms with Gasteiger partial charge in [-0.05, 0) is 24.6 Å². The van der Waals surface area contributed by atoms with Gasteiger partial charge >= 0.3 is 0 Å². The Morgan fingerprint density at radius 3 is 2.47 bits per heavy atom. The Balaban J connectivity index is 2.89. The van der Waals surface area contributed by atoms with Gasteiger partial charge in [0.05, 0.1) is 0 Å². The maximum atomic E-state index is 6.01. The predicted octanol–water partition coefficient (Wildman–Crippen LogP) is 2.80. The van der Waals surface area contributed by atoms with E-state index in [1.54, 1.807) is 0 Å². The summed E-state index contributed by atoms with van der Waals surface area (Å²) < 4.78 is 0. The topological polar surface area (TPSA) is 29.3 Å². The Kier molecular flexibility index (Phi) is 2.27. The van der Waals surface area contributed by atoms with Crippen molar-refractivity contribution in [1.29, 1.82) is 0 Å². The van der Waals surface area contributed by atoms with Crippen LogP contribution in [0.2, 0.25) is 0 Å². The number of rotatable bonds is 1. The quantitative estimate of drug-likeness (QED) is 0.717. The Bertz CT molecular complexity index is 493. The molecule has 2 rings (SSSR count). The first-order valence-corrected chi connectivity index (χ1v) is 5.06. The van der Waals surface area contributed by atoms with Crippen LogP contribution >= 0.6 is 0 Å². The molecule has 0 aliphatic carbocycles. The van der Waals surface area contributed by atoms with Crippen molar-refractivity contribution in [2.45, 2.75) is 6.92 Å². The van der Waals surface area contributed by atoms with Crippen LogP contribution in [0.1, 0.15) is 5.56 Å². The van der Waals surface area contributed by atoms with Crippen molar-refractivity contribution in [3.05, 3.63) is 35.9 Å². The van der Waals surface area contributed by atoms with E-state index in [2.05, 4.69) is 30.0 Å². The number of hydrogen-bond donors (Lipinski definition) is 1. The third-order valence-electron chi connectivity index (χ3n) is 2.74. The first-order valence-electron chi connectivity index (χ1n) is 5.06. The first kappa shape index (κ1) is 9.84. The SMILES string of the molecule is Cc1ccc(N(C)C)c2cccc(N)c12. The lowest BCUT2D eigenvalue weighted by atomic mass is 10.0. The number of nitrogens with two attached hydrogens (primary N) is 1. The summed E-state index contributed by atoms with van der Waals surface area (Å²) in [7, 11) is 4.10. The van der Waals surface area contributed by atoms with Gasteiger partial charge in [0.2, 0.25) is 0 Å². The van der Waals surface area contributed by atoms with Gasteiger partial charge in [0.15, 0.2) is 0 Å². The van der Waals surface area contributed by atoms with Crippen LogP contribution in [0, 0.1) is 6.92 Å². The van der Waals surface area contributed by atoms with Gasteiger partial charge in [-0.2, -0.15) is 0 Å². The molecule has 0 aliphatic rings. The second kappa shape index (κ2) is 3.46. The zero-order valence-electron chi connectivity index (χ0n) is 9.41. The Hall–Kier alpha value is -1.70. The van der Waals surface area contributed by atoms with E-state index in [1.165, 1.54) is 22.0 Å². The molecule has 0 saturated carbocycles. The van der Waals surface area contributed by atoms with E-state index in [9.17, 15) is 0 Å². The fourth-order valence-electron chi connectivity index (χ4n) is 1.99. The minimum Gasteiger partial charge on any atom is -0.398 e.